The normalized spacial score (nSPS) is 14.6. The molecule has 2 heterocycles. The fourth-order valence-corrected chi connectivity index (χ4v) is 5.58. The van der Waals surface area contributed by atoms with Crippen molar-refractivity contribution < 1.29 is 4.79 Å². The molecule has 1 aliphatic heterocycles. The van der Waals surface area contributed by atoms with Crippen molar-refractivity contribution >= 4 is 23.2 Å². The van der Waals surface area contributed by atoms with Crippen LogP contribution in [0.2, 0.25) is 0 Å². The molecule has 0 N–H and O–H groups in total. The van der Waals surface area contributed by atoms with Crippen LogP contribution in [0.25, 0.3) is 16.7 Å². The van der Waals surface area contributed by atoms with Crippen LogP contribution in [-0.4, -0.2) is 28.9 Å². The zero-order valence-corrected chi connectivity index (χ0v) is 21.4. The van der Waals surface area contributed by atoms with Crippen LogP contribution < -0.4 is 0 Å². The van der Waals surface area contributed by atoms with Crippen LogP contribution in [0.4, 0.5) is 0 Å². The number of likely N-dealkylation sites (tertiary alicyclic amines) is 1. The molecule has 0 aliphatic carbocycles. The van der Waals surface area contributed by atoms with E-state index >= 15 is 0 Å². The Morgan fingerprint density at radius 3 is 2.49 bits per heavy atom. The van der Waals surface area contributed by atoms with E-state index in [2.05, 4.69) is 30.3 Å². The minimum atomic E-state index is -0.310. The second-order valence-corrected chi connectivity index (χ2v) is 10.0. The summed E-state index contributed by atoms with van der Waals surface area (Å²) in [4.78, 5) is 20.2. The third-order valence-electron chi connectivity index (χ3n) is 6.39. The van der Waals surface area contributed by atoms with Crippen LogP contribution in [0.1, 0.15) is 53.7 Å². The molecule has 1 amide bonds. The van der Waals surface area contributed by atoms with E-state index < -0.39 is 0 Å². The zero-order chi connectivity index (χ0) is 24.8. The predicted molar refractivity (Wildman–Crippen MR) is 144 cm³/mol. The summed E-state index contributed by atoms with van der Waals surface area (Å²) in [6.07, 6.45) is 6.81. The topological polar surface area (TPSA) is 57.0 Å². The Morgan fingerprint density at radius 2 is 1.83 bits per heavy atom. The Hall–Kier alpha value is -3.36. The Balaban J connectivity index is 1.64. The molecule has 1 fully saturated rings. The Bertz CT molecular complexity index is 1270. The highest BCUT2D eigenvalue weighted by molar-refractivity contribution is 8.00. The Labute approximate surface area is 212 Å². The van der Waals surface area contributed by atoms with E-state index in [-0.39, 0.29) is 11.2 Å². The Kier molecular flexibility index (Phi) is 8.05. The van der Waals surface area contributed by atoms with Crippen molar-refractivity contribution in [1.29, 1.82) is 5.26 Å². The molecule has 5 heteroatoms. The van der Waals surface area contributed by atoms with Gasteiger partial charge in [-0.15, -0.1) is 0 Å². The molecule has 0 saturated carbocycles. The van der Waals surface area contributed by atoms with Gasteiger partial charge in [-0.1, -0.05) is 67.2 Å². The molecule has 1 saturated heterocycles. The highest BCUT2D eigenvalue weighted by Crippen LogP contribution is 2.39. The van der Waals surface area contributed by atoms with Crippen molar-refractivity contribution in [3.8, 4) is 17.2 Å². The summed E-state index contributed by atoms with van der Waals surface area (Å²) in [6.45, 7) is 7.79. The number of allylic oxidation sites excluding steroid dienone is 2. The fraction of sp³-hybridized carbons (Fsp3) is 0.300. The maximum absolute atomic E-state index is 13.4. The lowest BCUT2D eigenvalue weighted by Crippen LogP contribution is -2.31. The fourth-order valence-electron chi connectivity index (χ4n) is 4.46. The molecule has 3 aromatic rings. The second kappa shape index (κ2) is 11.4. The zero-order valence-electron chi connectivity index (χ0n) is 20.6. The van der Waals surface area contributed by atoms with E-state index in [1.54, 1.807) is 0 Å². The van der Waals surface area contributed by atoms with Crippen LogP contribution in [0.3, 0.4) is 0 Å². The van der Waals surface area contributed by atoms with Crippen molar-refractivity contribution in [2.24, 2.45) is 0 Å². The molecular formula is C30H31N3OS. The smallest absolute Gasteiger partial charge is 0.240 e. The molecule has 1 atom stereocenters. The number of hydrogen-bond acceptors (Lipinski definition) is 4. The molecule has 0 radical (unpaired) electrons. The largest absolute Gasteiger partial charge is 0.341 e. The predicted octanol–water partition coefficient (Wildman–Crippen LogP) is 7.14. The molecule has 35 heavy (non-hydrogen) atoms. The lowest BCUT2D eigenvalue weighted by molar-refractivity contribution is -0.129. The quantitative estimate of drug-likeness (QED) is 0.266. The average molecular weight is 482 g/mol. The summed E-state index contributed by atoms with van der Waals surface area (Å²) >= 11 is 1.53. The molecule has 1 aliphatic rings. The molecule has 178 valence electrons. The van der Waals surface area contributed by atoms with Crippen LogP contribution in [0.15, 0.2) is 71.9 Å². The number of nitrogens with zero attached hydrogens (tertiary/aromatic N) is 3. The summed E-state index contributed by atoms with van der Waals surface area (Å²) in [5.41, 5.74) is 6.83. The van der Waals surface area contributed by atoms with E-state index in [4.69, 9.17) is 4.98 Å². The van der Waals surface area contributed by atoms with Gasteiger partial charge in [-0.3, -0.25) is 4.79 Å². The van der Waals surface area contributed by atoms with Gasteiger partial charge in [0, 0.05) is 24.8 Å². The van der Waals surface area contributed by atoms with Crippen molar-refractivity contribution in [3.63, 3.8) is 0 Å². The van der Waals surface area contributed by atoms with E-state index in [9.17, 15) is 10.1 Å². The van der Waals surface area contributed by atoms with Crippen LogP contribution >= 0.6 is 11.8 Å². The molecule has 1 aromatic heterocycles. The number of carbonyl (C=O) groups is 1. The molecule has 0 bridgehead atoms. The number of hydrogen-bond donors (Lipinski definition) is 0. The maximum Gasteiger partial charge on any atom is 0.240 e. The van der Waals surface area contributed by atoms with Crippen LogP contribution in [-0.2, 0) is 4.79 Å². The monoisotopic (exact) mass is 481 g/mol. The summed E-state index contributed by atoms with van der Waals surface area (Å²) in [5.74, 6) is 0.166. The first kappa shape index (κ1) is 24.8. The van der Waals surface area contributed by atoms with Gasteiger partial charge in [0.1, 0.15) is 5.25 Å². The number of thioether (sulfide) groups is 1. The van der Waals surface area contributed by atoms with Gasteiger partial charge in [-0.05, 0) is 73.1 Å². The number of carbonyl (C=O) groups excluding carboxylic acids is 1. The maximum atomic E-state index is 13.4. The van der Waals surface area contributed by atoms with Gasteiger partial charge >= 0.3 is 0 Å². The van der Waals surface area contributed by atoms with Gasteiger partial charge < -0.3 is 4.90 Å². The lowest BCUT2D eigenvalue weighted by Gasteiger charge is -2.23. The minimum absolute atomic E-state index is 0.166. The summed E-state index contributed by atoms with van der Waals surface area (Å²) < 4.78 is 0. The van der Waals surface area contributed by atoms with E-state index in [0.29, 0.717) is 5.57 Å². The standard InChI is InChI=1S/C30H31N3OS/c1-4-10-25(19-31)27-18-24(14-13-21(27)2)26-17-22(3)29(32-20-26)35-28(23-11-6-5-7-12-23)30(34)33-15-8-9-16-33/h5-7,10-14,17-18,20,28H,4,8-9,15-16H2,1-3H3/b25-10-. The van der Waals surface area contributed by atoms with Crippen molar-refractivity contribution in [1.82, 2.24) is 9.88 Å². The first-order chi connectivity index (χ1) is 17.0. The average Bonchev–Trinajstić information content (AvgIpc) is 3.42. The van der Waals surface area contributed by atoms with Gasteiger partial charge in [0.25, 0.3) is 0 Å². The third kappa shape index (κ3) is 5.66. The van der Waals surface area contributed by atoms with Crippen molar-refractivity contribution in [2.45, 2.75) is 50.3 Å². The number of pyridine rings is 1. The van der Waals surface area contributed by atoms with E-state index in [0.717, 1.165) is 70.8 Å². The number of rotatable bonds is 7. The summed E-state index contributed by atoms with van der Waals surface area (Å²) in [5, 5.41) is 10.2. The Morgan fingerprint density at radius 1 is 1.09 bits per heavy atom. The van der Waals surface area contributed by atoms with Gasteiger partial charge in [0.05, 0.1) is 16.7 Å². The highest BCUT2D eigenvalue weighted by atomic mass is 32.2. The van der Waals surface area contributed by atoms with Gasteiger partial charge in [-0.2, -0.15) is 5.26 Å². The minimum Gasteiger partial charge on any atom is -0.341 e. The molecule has 1 unspecified atom stereocenters. The first-order valence-electron chi connectivity index (χ1n) is 12.2. The van der Waals surface area contributed by atoms with Gasteiger partial charge in [0.2, 0.25) is 5.91 Å². The van der Waals surface area contributed by atoms with E-state index in [1.165, 1.54) is 11.8 Å². The second-order valence-electron chi connectivity index (χ2n) is 8.95. The SMILES string of the molecule is CC/C=C(/C#N)c1cc(-c2cnc(SC(C(=O)N3CCCC3)c3ccccc3)c(C)c2)ccc1C. The summed E-state index contributed by atoms with van der Waals surface area (Å²) in [6, 6.07) is 20.7. The number of aryl methyl sites for hydroxylation is 2. The van der Waals surface area contributed by atoms with Crippen molar-refractivity contribution in [3.05, 3.63) is 89.1 Å². The van der Waals surface area contributed by atoms with Gasteiger partial charge in [-0.25, -0.2) is 4.98 Å². The van der Waals surface area contributed by atoms with Gasteiger partial charge in [0.15, 0.2) is 0 Å². The third-order valence-corrected chi connectivity index (χ3v) is 7.75. The number of aromatic nitrogens is 1. The molecule has 4 rings (SSSR count). The van der Waals surface area contributed by atoms with Crippen molar-refractivity contribution in [2.75, 3.05) is 13.1 Å². The number of amides is 1. The molecular weight excluding hydrogens is 450 g/mol. The van der Waals surface area contributed by atoms with Crippen LogP contribution in [0.5, 0.6) is 0 Å². The highest BCUT2D eigenvalue weighted by Gasteiger charge is 2.29. The molecule has 4 nitrogen and oxygen atoms in total. The summed E-state index contributed by atoms with van der Waals surface area (Å²) in [7, 11) is 0. The van der Waals surface area contributed by atoms with E-state index in [1.807, 2.05) is 68.3 Å². The lowest BCUT2D eigenvalue weighted by atomic mass is 9.95. The molecule has 0 spiro atoms. The number of nitriles is 1. The number of benzene rings is 2. The van der Waals surface area contributed by atoms with Crippen LogP contribution in [0, 0.1) is 25.2 Å². The first-order valence-corrected chi connectivity index (χ1v) is 13.1. The molecule has 2 aromatic carbocycles.